The Labute approximate surface area is 149 Å². The van der Waals surface area contributed by atoms with Gasteiger partial charge in [-0.05, 0) is 57.6 Å². The van der Waals surface area contributed by atoms with Crippen LogP contribution in [0.3, 0.4) is 0 Å². The molecule has 1 unspecified atom stereocenters. The fourth-order valence-corrected chi connectivity index (χ4v) is 2.47. The Morgan fingerprint density at radius 2 is 2.12 bits per heavy atom. The van der Waals surface area contributed by atoms with Crippen LogP contribution in [-0.2, 0) is 0 Å². The van der Waals surface area contributed by atoms with E-state index >= 15 is 0 Å². The van der Waals surface area contributed by atoms with Gasteiger partial charge in [0.15, 0.2) is 0 Å². The van der Waals surface area contributed by atoms with Crippen LogP contribution in [0.15, 0.2) is 30.5 Å². The van der Waals surface area contributed by atoms with Gasteiger partial charge in [0, 0.05) is 18.3 Å². The number of hydrogen-bond donors (Lipinski definition) is 2. The Hall–Kier alpha value is -2.65. The van der Waals surface area contributed by atoms with Gasteiger partial charge in [-0.15, -0.1) is 0 Å². The van der Waals surface area contributed by atoms with E-state index in [2.05, 4.69) is 33.6 Å². The molecule has 2 aromatic rings. The Bertz CT molecular complexity index is 726. The molecule has 0 radical (unpaired) electrons. The molecule has 132 valence electrons. The highest BCUT2D eigenvalue weighted by atomic mass is 16.5. The van der Waals surface area contributed by atoms with Gasteiger partial charge in [-0.25, -0.2) is 9.97 Å². The van der Waals surface area contributed by atoms with Crippen molar-refractivity contribution in [3.8, 4) is 23.1 Å². The van der Waals surface area contributed by atoms with Crippen LogP contribution in [0.4, 0.5) is 5.95 Å². The van der Waals surface area contributed by atoms with Crippen molar-refractivity contribution in [2.75, 3.05) is 25.5 Å². The quantitative estimate of drug-likeness (QED) is 0.730. The molecule has 0 aliphatic rings. The SMILES string of the molecule is CCNc1nccc(-c2ccc(OC(CC)CCNC)c(C#N)c2)n1. The molecule has 0 fully saturated rings. The van der Waals surface area contributed by atoms with Crippen LogP contribution in [0.5, 0.6) is 5.75 Å². The van der Waals surface area contributed by atoms with Crippen LogP contribution in [0.25, 0.3) is 11.3 Å². The summed E-state index contributed by atoms with van der Waals surface area (Å²) in [4.78, 5) is 8.65. The number of rotatable bonds is 9. The number of ether oxygens (including phenoxy) is 1. The zero-order chi connectivity index (χ0) is 18.1. The van der Waals surface area contributed by atoms with Crippen molar-refractivity contribution in [2.24, 2.45) is 0 Å². The lowest BCUT2D eigenvalue weighted by atomic mass is 10.1. The summed E-state index contributed by atoms with van der Waals surface area (Å²) in [6.07, 6.45) is 3.59. The van der Waals surface area contributed by atoms with Gasteiger partial charge in [-0.2, -0.15) is 5.26 Å². The third-order valence-corrected chi connectivity index (χ3v) is 3.85. The number of aromatic nitrogens is 2. The largest absolute Gasteiger partial charge is 0.489 e. The van der Waals surface area contributed by atoms with Crippen molar-refractivity contribution in [2.45, 2.75) is 32.8 Å². The van der Waals surface area contributed by atoms with Crippen molar-refractivity contribution in [1.29, 1.82) is 5.26 Å². The third-order valence-electron chi connectivity index (χ3n) is 3.85. The highest BCUT2D eigenvalue weighted by Gasteiger charge is 2.13. The maximum Gasteiger partial charge on any atom is 0.223 e. The van der Waals surface area contributed by atoms with E-state index in [1.54, 1.807) is 6.20 Å². The summed E-state index contributed by atoms with van der Waals surface area (Å²) >= 11 is 0. The van der Waals surface area contributed by atoms with Crippen LogP contribution in [-0.4, -0.2) is 36.2 Å². The lowest BCUT2D eigenvalue weighted by Gasteiger charge is -2.18. The van der Waals surface area contributed by atoms with Crippen molar-refractivity contribution < 1.29 is 4.74 Å². The smallest absolute Gasteiger partial charge is 0.223 e. The molecule has 0 saturated heterocycles. The van der Waals surface area contributed by atoms with Gasteiger partial charge in [-0.1, -0.05) is 6.92 Å². The van der Waals surface area contributed by atoms with Gasteiger partial charge < -0.3 is 15.4 Å². The van der Waals surface area contributed by atoms with Crippen LogP contribution < -0.4 is 15.4 Å². The van der Waals surface area contributed by atoms with Gasteiger partial charge in [-0.3, -0.25) is 0 Å². The summed E-state index contributed by atoms with van der Waals surface area (Å²) in [5.74, 6) is 1.20. The molecule has 0 bridgehead atoms. The highest BCUT2D eigenvalue weighted by molar-refractivity contribution is 5.64. The molecule has 2 N–H and O–H groups in total. The fourth-order valence-electron chi connectivity index (χ4n) is 2.47. The van der Waals surface area contributed by atoms with Crippen LogP contribution in [0, 0.1) is 11.3 Å². The topological polar surface area (TPSA) is 82.9 Å². The van der Waals surface area contributed by atoms with E-state index < -0.39 is 0 Å². The average molecular weight is 339 g/mol. The molecule has 0 amide bonds. The Balaban J connectivity index is 2.24. The summed E-state index contributed by atoms with van der Waals surface area (Å²) < 4.78 is 6.03. The Kier molecular flexibility index (Phi) is 7.17. The van der Waals surface area contributed by atoms with Gasteiger partial charge in [0.1, 0.15) is 11.8 Å². The predicted molar refractivity (Wildman–Crippen MR) is 99.6 cm³/mol. The highest BCUT2D eigenvalue weighted by Crippen LogP contribution is 2.27. The second-order valence-electron chi connectivity index (χ2n) is 5.66. The van der Waals surface area contributed by atoms with Gasteiger partial charge in [0.2, 0.25) is 5.95 Å². The van der Waals surface area contributed by atoms with Gasteiger partial charge in [0.05, 0.1) is 17.4 Å². The molecule has 1 aromatic carbocycles. The van der Waals surface area contributed by atoms with E-state index in [1.807, 2.05) is 38.2 Å². The van der Waals surface area contributed by atoms with Crippen LogP contribution >= 0.6 is 0 Å². The van der Waals surface area contributed by atoms with Crippen molar-refractivity contribution >= 4 is 5.95 Å². The number of nitriles is 1. The van der Waals surface area contributed by atoms with E-state index in [1.165, 1.54) is 0 Å². The molecular weight excluding hydrogens is 314 g/mol. The summed E-state index contributed by atoms with van der Waals surface area (Å²) in [5, 5.41) is 15.7. The first kappa shape index (κ1) is 18.7. The van der Waals surface area contributed by atoms with Gasteiger partial charge >= 0.3 is 0 Å². The minimum absolute atomic E-state index is 0.0878. The number of nitrogens with one attached hydrogen (secondary N) is 2. The standard InChI is InChI=1S/C19H25N5O/c1-4-16(8-10-21-3)25-18-7-6-14(12-15(18)13-20)17-9-11-23-19(24-17)22-5-2/h6-7,9,11-12,16,21H,4-5,8,10H2,1-3H3,(H,22,23,24). The Morgan fingerprint density at radius 1 is 1.28 bits per heavy atom. The van der Waals surface area contributed by atoms with Crippen molar-refractivity contribution in [3.63, 3.8) is 0 Å². The van der Waals surface area contributed by atoms with Crippen LogP contribution in [0.1, 0.15) is 32.3 Å². The first-order chi connectivity index (χ1) is 12.2. The zero-order valence-corrected chi connectivity index (χ0v) is 15.0. The second kappa shape index (κ2) is 9.60. The van der Waals surface area contributed by atoms with Crippen LogP contribution in [0.2, 0.25) is 0 Å². The lowest BCUT2D eigenvalue weighted by molar-refractivity contribution is 0.186. The monoisotopic (exact) mass is 339 g/mol. The molecule has 6 heteroatoms. The summed E-state index contributed by atoms with van der Waals surface area (Å²) in [7, 11) is 1.92. The molecule has 1 atom stereocenters. The first-order valence-electron chi connectivity index (χ1n) is 8.64. The predicted octanol–water partition coefficient (Wildman–Crippen LogP) is 3.21. The molecule has 2 rings (SSSR count). The number of hydrogen-bond acceptors (Lipinski definition) is 6. The molecule has 1 aromatic heterocycles. The number of anilines is 1. The molecule has 6 nitrogen and oxygen atoms in total. The lowest BCUT2D eigenvalue weighted by Crippen LogP contribution is -2.22. The number of nitrogens with zero attached hydrogens (tertiary/aromatic N) is 3. The molecule has 0 spiro atoms. The van der Waals surface area contributed by atoms with E-state index in [4.69, 9.17) is 4.74 Å². The second-order valence-corrected chi connectivity index (χ2v) is 5.66. The summed E-state index contributed by atoms with van der Waals surface area (Å²) in [6, 6.07) is 9.66. The fraction of sp³-hybridized carbons (Fsp3) is 0.421. The zero-order valence-electron chi connectivity index (χ0n) is 15.0. The minimum atomic E-state index is 0.0878. The van der Waals surface area contributed by atoms with E-state index in [9.17, 15) is 5.26 Å². The van der Waals surface area contributed by atoms with E-state index in [0.717, 1.165) is 37.2 Å². The number of benzene rings is 1. The van der Waals surface area contributed by atoms with Gasteiger partial charge in [0.25, 0.3) is 0 Å². The average Bonchev–Trinajstić information content (AvgIpc) is 2.65. The van der Waals surface area contributed by atoms with Crippen molar-refractivity contribution in [3.05, 3.63) is 36.0 Å². The van der Waals surface area contributed by atoms with E-state index in [-0.39, 0.29) is 6.10 Å². The molecule has 25 heavy (non-hydrogen) atoms. The van der Waals surface area contributed by atoms with Crippen molar-refractivity contribution in [1.82, 2.24) is 15.3 Å². The van der Waals surface area contributed by atoms with E-state index in [0.29, 0.717) is 17.3 Å². The normalized spacial score (nSPS) is 11.6. The molecular formula is C19H25N5O. The maximum atomic E-state index is 9.50. The minimum Gasteiger partial charge on any atom is -0.489 e. The summed E-state index contributed by atoms with van der Waals surface area (Å²) in [5.41, 5.74) is 2.16. The molecule has 0 aliphatic heterocycles. The molecule has 0 saturated carbocycles. The Morgan fingerprint density at radius 3 is 2.80 bits per heavy atom. The summed E-state index contributed by atoms with van der Waals surface area (Å²) in [6.45, 7) is 5.72. The third kappa shape index (κ3) is 5.16. The maximum absolute atomic E-state index is 9.50. The molecule has 1 heterocycles. The first-order valence-corrected chi connectivity index (χ1v) is 8.64. The molecule has 0 aliphatic carbocycles.